The summed E-state index contributed by atoms with van der Waals surface area (Å²) in [7, 11) is 0. The van der Waals surface area contributed by atoms with Gasteiger partial charge >= 0.3 is 0 Å². The van der Waals surface area contributed by atoms with Crippen LogP contribution in [-0.4, -0.2) is 47.3 Å². The van der Waals surface area contributed by atoms with Crippen LogP contribution in [0.3, 0.4) is 0 Å². The van der Waals surface area contributed by atoms with Crippen molar-refractivity contribution in [1.82, 2.24) is 15.2 Å². The van der Waals surface area contributed by atoms with E-state index in [4.69, 9.17) is 0 Å². The number of nitrogens with zero attached hydrogens (tertiary/aromatic N) is 5. The predicted octanol–water partition coefficient (Wildman–Crippen LogP) is 2.59. The first-order chi connectivity index (χ1) is 13.7. The molecule has 0 atom stereocenters. The van der Waals surface area contributed by atoms with Crippen molar-refractivity contribution in [1.29, 1.82) is 0 Å². The fourth-order valence-electron chi connectivity index (χ4n) is 3.10. The Labute approximate surface area is 161 Å². The van der Waals surface area contributed by atoms with Gasteiger partial charge in [0.15, 0.2) is 11.6 Å². The molecule has 0 bridgehead atoms. The third-order valence-corrected chi connectivity index (χ3v) is 4.59. The lowest BCUT2D eigenvalue weighted by molar-refractivity contribution is 0.102. The summed E-state index contributed by atoms with van der Waals surface area (Å²) in [5.41, 5.74) is -0.0287. The molecule has 0 radical (unpaired) electrons. The van der Waals surface area contributed by atoms with E-state index in [1.165, 1.54) is 18.2 Å². The largest absolute Gasteiger partial charge is 0.353 e. The average molecular weight is 378 g/mol. The molecule has 0 spiro atoms. The smallest absolute Gasteiger partial charge is 0.259 e. The van der Waals surface area contributed by atoms with Crippen LogP contribution in [0, 0.1) is 5.82 Å². The Hall–Kier alpha value is -3.55. The number of halogens is 1. The van der Waals surface area contributed by atoms with Gasteiger partial charge in [0.2, 0.25) is 0 Å². The number of hydrogen-bond donors (Lipinski definition) is 1. The van der Waals surface area contributed by atoms with E-state index in [1.54, 1.807) is 24.4 Å². The summed E-state index contributed by atoms with van der Waals surface area (Å²) < 4.78 is 13.7. The van der Waals surface area contributed by atoms with Crippen molar-refractivity contribution in [3.05, 3.63) is 72.2 Å². The lowest BCUT2D eigenvalue weighted by atomic mass is 10.2. The third kappa shape index (κ3) is 3.90. The highest BCUT2D eigenvalue weighted by Crippen LogP contribution is 2.18. The molecule has 142 valence electrons. The molecule has 0 unspecified atom stereocenters. The van der Waals surface area contributed by atoms with Crippen molar-refractivity contribution in [2.75, 3.05) is 41.3 Å². The topological polar surface area (TPSA) is 74.2 Å². The second kappa shape index (κ2) is 7.99. The third-order valence-electron chi connectivity index (χ3n) is 4.59. The quantitative estimate of drug-likeness (QED) is 0.752. The van der Waals surface area contributed by atoms with Gasteiger partial charge in [-0.05, 0) is 36.4 Å². The molecule has 7 nitrogen and oxygen atoms in total. The van der Waals surface area contributed by atoms with E-state index in [0.717, 1.165) is 37.8 Å². The maximum absolute atomic E-state index is 13.7. The zero-order chi connectivity index (χ0) is 19.3. The first kappa shape index (κ1) is 17.8. The van der Waals surface area contributed by atoms with Crippen LogP contribution in [0.25, 0.3) is 0 Å². The monoisotopic (exact) mass is 378 g/mol. The van der Waals surface area contributed by atoms with E-state index < -0.39 is 11.7 Å². The van der Waals surface area contributed by atoms with Crippen LogP contribution >= 0.6 is 0 Å². The van der Waals surface area contributed by atoms with Gasteiger partial charge < -0.3 is 15.1 Å². The number of aromatic nitrogens is 3. The van der Waals surface area contributed by atoms with Crippen molar-refractivity contribution >= 4 is 23.4 Å². The molecule has 4 rings (SSSR count). The molecule has 3 heterocycles. The number of nitrogens with one attached hydrogen (secondary N) is 1. The number of piperazine rings is 1. The molecule has 2 aromatic heterocycles. The Bertz CT molecular complexity index is 942. The molecule has 3 aromatic rings. The summed E-state index contributed by atoms with van der Waals surface area (Å²) in [5, 5.41) is 10.8. The number of rotatable bonds is 4. The van der Waals surface area contributed by atoms with Gasteiger partial charge in [0, 0.05) is 32.4 Å². The van der Waals surface area contributed by atoms with Crippen LogP contribution < -0.4 is 15.1 Å². The maximum atomic E-state index is 13.7. The first-order valence-electron chi connectivity index (χ1n) is 9.01. The molecule has 1 amide bonds. The number of benzene rings is 1. The Morgan fingerprint density at radius 2 is 1.57 bits per heavy atom. The number of anilines is 3. The molecular formula is C20H19FN6O. The van der Waals surface area contributed by atoms with Gasteiger partial charge in [-0.1, -0.05) is 18.2 Å². The normalized spacial score (nSPS) is 14.0. The van der Waals surface area contributed by atoms with Gasteiger partial charge in [-0.15, -0.1) is 10.2 Å². The summed E-state index contributed by atoms with van der Waals surface area (Å²) in [6, 6.07) is 15.2. The van der Waals surface area contributed by atoms with Crippen molar-refractivity contribution in [2.24, 2.45) is 0 Å². The molecule has 1 aliphatic heterocycles. The standard InChI is InChI=1S/C20H19FN6O/c21-16-6-2-1-5-15(16)20(28)23-17-8-9-19(25-24-17)27-13-11-26(12-14-27)18-7-3-4-10-22-18/h1-10H,11-14H2,(H,23,24,28). The van der Waals surface area contributed by atoms with E-state index in [2.05, 4.69) is 30.3 Å². The lowest BCUT2D eigenvalue weighted by Crippen LogP contribution is -2.47. The summed E-state index contributed by atoms with van der Waals surface area (Å²) in [6.45, 7) is 3.27. The minimum atomic E-state index is -0.574. The highest BCUT2D eigenvalue weighted by Gasteiger charge is 2.19. The van der Waals surface area contributed by atoms with Gasteiger partial charge in [0.1, 0.15) is 11.6 Å². The van der Waals surface area contributed by atoms with Crippen LogP contribution in [0.1, 0.15) is 10.4 Å². The summed E-state index contributed by atoms with van der Waals surface area (Å²) in [4.78, 5) is 20.9. The van der Waals surface area contributed by atoms with E-state index in [9.17, 15) is 9.18 Å². The second-order valence-electron chi connectivity index (χ2n) is 6.37. The molecule has 8 heteroatoms. The van der Waals surface area contributed by atoms with Crippen LogP contribution in [-0.2, 0) is 0 Å². The van der Waals surface area contributed by atoms with E-state index in [0.29, 0.717) is 0 Å². The highest BCUT2D eigenvalue weighted by atomic mass is 19.1. The molecule has 0 saturated carbocycles. The Morgan fingerprint density at radius 1 is 0.857 bits per heavy atom. The van der Waals surface area contributed by atoms with Crippen LogP contribution in [0.5, 0.6) is 0 Å². The minimum absolute atomic E-state index is 0.0287. The zero-order valence-corrected chi connectivity index (χ0v) is 15.1. The van der Waals surface area contributed by atoms with Gasteiger partial charge in [-0.3, -0.25) is 4.79 Å². The zero-order valence-electron chi connectivity index (χ0n) is 15.1. The first-order valence-corrected chi connectivity index (χ1v) is 9.01. The Kier molecular flexibility index (Phi) is 5.09. The Balaban J connectivity index is 1.36. The number of carbonyl (C=O) groups excluding carboxylic acids is 1. The summed E-state index contributed by atoms with van der Waals surface area (Å²) >= 11 is 0. The molecule has 28 heavy (non-hydrogen) atoms. The average Bonchev–Trinajstić information content (AvgIpc) is 2.75. The van der Waals surface area contributed by atoms with Crippen LogP contribution in [0.15, 0.2) is 60.8 Å². The number of carbonyl (C=O) groups is 1. The van der Waals surface area contributed by atoms with Crippen molar-refractivity contribution < 1.29 is 9.18 Å². The number of amides is 1. The summed E-state index contributed by atoms with van der Waals surface area (Å²) in [6.07, 6.45) is 1.79. The Morgan fingerprint density at radius 3 is 2.21 bits per heavy atom. The van der Waals surface area contributed by atoms with Crippen molar-refractivity contribution in [3.8, 4) is 0 Å². The maximum Gasteiger partial charge on any atom is 0.259 e. The van der Waals surface area contributed by atoms with E-state index in [1.807, 2.05) is 18.2 Å². The summed E-state index contributed by atoms with van der Waals surface area (Å²) in [5.74, 6) is 0.868. The predicted molar refractivity (Wildman–Crippen MR) is 105 cm³/mol. The fraction of sp³-hybridized carbons (Fsp3) is 0.200. The van der Waals surface area contributed by atoms with E-state index in [-0.39, 0.29) is 11.4 Å². The SMILES string of the molecule is O=C(Nc1ccc(N2CCN(c3ccccn3)CC2)nn1)c1ccccc1F. The lowest BCUT2D eigenvalue weighted by Gasteiger charge is -2.35. The van der Waals surface area contributed by atoms with E-state index >= 15 is 0 Å². The van der Waals surface area contributed by atoms with Crippen molar-refractivity contribution in [2.45, 2.75) is 0 Å². The van der Waals surface area contributed by atoms with Gasteiger partial charge in [0.25, 0.3) is 5.91 Å². The van der Waals surface area contributed by atoms with Crippen molar-refractivity contribution in [3.63, 3.8) is 0 Å². The highest BCUT2D eigenvalue weighted by molar-refractivity contribution is 6.03. The molecule has 1 aliphatic rings. The molecule has 1 fully saturated rings. The number of pyridine rings is 1. The molecular weight excluding hydrogens is 359 g/mol. The van der Waals surface area contributed by atoms with Gasteiger partial charge in [-0.2, -0.15) is 0 Å². The van der Waals surface area contributed by atoms with Crippen LogP contribution in [0.4, 0.5) is 21.8 Å². The molecule has 0 aliphatic carbocycles. The minimum Gasteiger partial charge on any atom is -0.353 e. The number of hydrogen-bond acceptors (Lipinski definition) is 6. The second-order valence-corrected chi connectivity index (χ2v) is 6.37. The molecule has 1 aromatic carbocycles. The fourth-order valence-corrected chi connectivity index (χ4v) is 3.10. The van der Waals surface area contributed by atoms with Gasteiger partial charge in [0.05, 0.1) is 5.56 Å². The van der Waals surface area contributed by atoms with Gasteiger partial charge in [-0.25, -0.2) is 9.37 Å². The van der Waals surface area contributed by atoms with Crippen LogP contribution in [0.2, 0.25) is 0 Å². The molecule has 1 N–H and O–H groups in total. The molecule has 1 saturated heterocycles.